The van der Waals surface area contributed by atoms with Gasteiger partial charge in [-0.25, -0.2) is 0 Å². The highest BCUT2D eigenvalue weighted by Gasteiger charge is 2.30. The number of fused-ring (bicyclic) bond motifs is 1. The molecule has 1 aromatic heterocycles. The van der Waals surface area contributed by atoms with E-state index in [1.165, 1.54) is 11.3 Å². The van der Waals surface area contributed by atoms with Crippen molar-refractivity contribution in [3.8, 4) is 0 Å². The Morgan fingerprint density at radius 2 is 2.25 bits per heavy atom. The third-order valence-electron chi connectivity index (χ3n) is 2.36. The highest BCUT2D eigenvalue weighted by molar-refractivity contribution is 14.1. The second-order valence-electron chi connectivity index (χ2n) is 3.86. The number of hydrogen-bond donors (Lipinski definition) is 2. The SMILES string of the molecule is CC1(C)CNCc2c(I)n[nH]c21. The van der Waals surface area contributed by atoms with Gasteiger partial charge in [-0.3, -0.25) is 5.10 Å². The van der Waals surface area contributed by atoms with Gasteiger partial charge in [0.2, 0.25) is 0 Å². The van der Waals surface area contributed by atoms with Crippen LogP contribution in [0.5, 0.6) is 0 Å². The van der Waals surface area contributed by atoms with Gasteiger partial charge in [-0.2, -0.15) is 5.10 Å². The van der Waals surface area contributed by atoms with Gasteiger partial charge in [0.25, 0.3) is 0 Å². The molecular formula is C8H12IN3. The van der Waals surface area contributed by atoms with Crippen LogP contribution in [0.15, 0.2) is 0 Å². The number of hydrogen-bond acceptors (Lipinski definition) is 2. The molecule has 0 saturated carbocycles. The fraction of sp³-hybridized carbons (Fsp3) is 0.625. The minimum absolute atomic E-state index is 0.198. The molecule has 66 valence electrons. The van der Waals surface area contributed by atoms with E-state index < -0.39 is 0 Å². The van der Waals surface area contributed by atoms with Crippen molar-refractivity contribution in [2.24, 2.45) is 0 Å². The summed E-state index contributed by atoms with van der Waals surface area (Å²) >= 11 is 2.27. The summed E-state index contributed by atoms with van der Waals surface area (Å²) in [4.78, 5) is 0. The van der Waals surface area contributed by atoms with Crippen LogP contribution in [0, 0.1) is 3.70 Å². The predicted molar refractivity (Wildman–Crippen MR) is 56.0 cm³/mol. The maximum atomic E-state index is 4.22. The Labute approximate surface area is 85.5 Å². The molecule has 0 aliphatic carbocycles. The van der Waals surface area contributed by atoms with Gasteiger partial charge >= 0.3 is 0 Å². The number of halogens is 1. The molecule has 0 bridgehead atoms. The molecule has 3 nitrogen and oxygen atoms in total. The number of rotatable bonds is 0. The lowest BCUT2D eigenvalue weighted by molar-refractivity contribution is 0.424. The van der Waals surface area contributed by atoms with E-state index in [9.17, 15) is 0 Å². The summed E-state index contributed by atoms with van der Waals surface area (Å²) < 4.78 is 1.10. The van der Waals surface area contributed by atoms with E-state index in [2.05, 4.69) is 52.0 Å². The van der Waals surface area contributed by atoms with Gasteiger partial charge in [0, 0.05) is 29.8 Å². The maximum Gasteiger partial charge on any atom is 0.127 e. The van der Waals surface area contributed by atoms with Gasteiger partial charge in [0.15, 0.2) is 0 Å². The summed E-state index contributed by atoms with van der Waals surface area (Å²) in [6, 6.07) is 0. The van der Waals surface area contributed by atoms with Crippen molar-refractivity contribution in [3.05, 3.63) is 15.0 Å². The zero-order valence-corrected chi connectivity index (χ0v) is 9.40. The van der Waals surface area contributed by atoms with Crippen molar-refractivity contribution >= 4 is 22.6 Å². The highest BCUT2D eigenvalue weighted by atomic mass is 127. The Hall–Kier alpha value is -0.100. The first-order valence-electron chi connectivity index (χ1n) is 4.05. The number of aromatic amines is 1. The third kappa shape index (κ3) is 1.17. The molecule has 2 N–H and O–H groups in total. The standard InChI is InChI=1S/C8H12IN3/c1-8(2)4-10-3-5-6(8)11-12-7(5)9/h10H,3-4H2,1-2H3,(H,11,12). The number of nitrogens with zero attached hydrogens (tertiary/aromatic N) is 1. The third-order valence-corrected chi connectivity index (χ3v) is 3.25. The second kappa shape index (κ2) is 2.70. The highest BCUT2D eigenvalue weighted by Crippen LogP contribution is 2.29. The molecule has 0 spiro atoms. The minimum atomic E-state index is 0.198. The molecule has 0 unspecified atom stereocenters. The second-order valence-corrected chi connectivity index (χ2v) is 4.88. The Morgan fingerprint density at radius 1 is 1.50 bits per heavy atom. The molecule has 1 aliphatic rings. The summed E-state index contributed by atoms with van der Waals surface area (Å²) in [6.45, 7) is 6.43. The Morgan fingerprint density at radius 3 is 2.92 bits per heavy atom. The summed E-state index contributed by atoms with van der Waals surface area (Å²) in [6.07, 6.45) is 0. The lowest BCUT2D eigenvalue weighted by atomic mass is 9.84. The summed E-state index contributed by atoms with van der Waals surface area (Å²) in [5.41, 5.74) is 2.83. The Kier molecular flexibility index (Phi) is 1.91. The normalized spacial score (nSPS) is 20.6. The van der Waals surface area contributed by atoms with Crippen LogP contribution >= 0.6 is 22.6 Å². The van der Waals surface area contributed by atoms with E-state index in [0.29, 0.717) is 0 Å². The molecule has 4 heteroatoms. The minimum Gasteiger partial charge on any atom is -0.312 e. The molecule has 12 heavy (non-hydrogen) atoms. The number of aromatic nitrogens is 2. The fourth-order valence-corrected chi connectivity index (χ4v) is 2.23. The Balaban J connectivity index is 2.53. The van der Waals surface area contributed by atoms with E-state index in [1.807, 2.05) is 0 Å². The zero-order chi connectivity index (χ0) is 8.77. The van der Waals surface area contributed by atoms with E-state index in [0.717, 1.165) is 16.8 Å². The first-order valence-corrected chi connectivity index (χ1v) is 5.13. The molecule has 1 aromatic rings. The quantitative estimate of drug-likeness (QED) is 0.704. The summed E-state index contributed by atoms with van der Waals surface area (Å²) in [7, 11) is 0. The largest absolute Gasteiger partial charge is 0.312 e. The lowest BCUT2D eigenvalue weighted by Crippen LogP contribution is -2.38. The van der Waals surface area contributed by atoms with Crippen molar-refractivity contribution in [1.29, 1.82) is 0 Å². The van der Waals surface area contributed by atoms with Crippen molar-refractivity contribution in [2.45, 2.75) is 25.8 Å². The smallest absolute Gasteiger partial charge is 0.127 e. The summed E-state index contributed by atoms with van der Waals surface area (Å²) in [5, 5.41) is 10.7. The van der Waals surface area contributed by atoms with Crippen molar-refractivity contribution < 1.29 is 0 Å². The van der Waals surface area contributed by atoms with Gasteiger partial charge < -0.3 is 5.32 Å². The van der Waals surface area contributed by atoms with Crippen LogP contribution in [0.1, 0.15) is 25.1 Å². The van der Waals surface area contributed by atoms with E-state index in [1.54, 1.807) is 0 Å². The molecule has 0 fully saturated rings. The Bertz CT molecular complexity index is 303. The fourth-order valence-electron chi connectivity index (χ4n) is 1.65. The van der Waals surface area contributed by atoms with Crippen LogP contribution in [0.2, 0.25) is 0 Å². The molecular weight excluding hydrogens is 265 g/mol. The molecule has 0 amide bonds. The number of H-pyrrole nitrogens is 1. The van der Waals surface area contributed by atoms with Crippen LogP contribution < -0.4 is 5.32 Å². The first-order chi connectivity index (χ1) is 5.61. The van der Waals surface area contributed by atoms with Crippen LogP contribution in [0.3, 0.4) is 0 Å². The molecule has 2 heterocycles. The first kappa shape index (κ1) is 8.50. The summed E-state index contributed by atoms with van der Waals surface area (Å²) in [5.74, 6) is 0. The molecule has 0 aromatic carbocycles. The molecule has 0 atom stereocenters. The topological polar surface area (TPSA) is 40.7 Å². The number of nitrogens with one attached hydrogen (secondary N) is 2. The van der Waals surface area contributed by atoms with E-state index >= 15 is 0 Å². The lowest BCUT2D eigenvalue weighted by Gasteiger charge is -2.29. The van der Waals surface area contributed by atoms with Gasteiger partial charge in [-0.1, -0.05) is 13.8 Å². The average molecular weight is 277 g/mol. The molecule has 1 aliphatic heterocycles. The van der Waals surface area contributed by atoms with Gasteiger partial charge in [-0.15, -0.1) is 0 Å². The average Bonchev–Trinajstić information content (AvgIpc) is 2.33. The molecule has 2 rings (SSSR count). The van der Waals surface area contributed by atoms with Crippen LogP contribution in [-0.4, -0.2) is 16.7 Å². The van der Waals surface area contributed by atoms with Crippen molar-refractivity contribution in [3.63, 3.8) is 0 Å². The predicted octanol–water partition coefficient (Wildman–Crippen LogP) is 1.40. The van der Waals surface area contributed by atoms with Crippen molar-refractivity contribution in [2.75, 3.05) is 6.54 Å². The van der Waals surface area contributed by atoms with Gasteiger partial charge in [0.05, 0.1) is 0 Å². The van der Waals surface area contributed by atoms with Crippen LogP contribution in [0.25, 0.3) is 0 Å². The van der Waals surface area contributed by atoms with E-state index in [4.69, 9.17) is 0 Å². The molecule has 0 radical (unpaired) electrons. The van der Waals surface area contributed by atoms with Crippen LogP contribution in [-0.2, 0) is 12.0 Å². The van der Waals surface area contributed by atoms with E-state index in [-0.39, 0.29) is 5.41 Å². The zero-order valence-electron chi connectivity index (χ0n) is 7.24. The van der Waals surface area contributed by atoms with Crippen molar-refractivity contribution in [1.82, 2.24) is 15.5 Å². The maximum absolute atomic E-state index is 4.22. The van der Waals surface area contributed by atoms with Gasteiger partial charge in [0.1, 0.15) is 3.70 Å². The van der Waals surface area contributed by atoms with Gasteiger partial charge in [-0.05, 0) is 22.6 Å². The molecule has 0 saturated heterocycles. The van der Waals surface area contributed by atoms with Crippen LogP contribution in [0.4, 0.5) is 0 Å². The monoisotopic (exact) mass is 277 g/mol.